The molecule has 1 rings (SSSR count). The molecule has 0 radical (unpaired) electrons. The highest BCUT2D eigenvalue weighted by Gasteiger charge is 2.40. The van der Waals surface area contributed by atoms with Gasteiger partial charge in [-0.05, 0) is 39.4 Å². The van der Waals surface area contributed by atoms with Crippen LogP contribution in [0, 0.1) is 0 Å². The lowest BCUT2D eigenvalue weighted by atomic mass is 10.0. The number of likely N-dealkylation sites (tertiary alicyclic amines) is 1. The van der Waals surface area contributed by atoms with Crippen molar-refractivity contribution in [2.24, 2.45) is 0 Å². The van der Waals surface area contributed by atoms with Crippen molar-refractivity contribution < 1.29 is 14.3 Å². The Hall–Kier alpha value is -1.57. The predicted octanol–water partition coefficient (Wildman–Crippen LogP) is 0.463. The Morgan fingerprint density at radius 2 is 2.00 bits per heavy atom. The second-order valence-corrected chi connectivity index (χ2v) is 5.96. The van der Waals surface area contributed by atoms with E-state index >= 15 is 0 Å². The molecule has 0 aromatic heterocycles. The molecule has 1 fully saturated rings. The molecule has 7 nitrogen and oxygen atoms in total. The monoisotopic (exact) mass is 302 g/mol. The fraction of sp³-hybridized carbons (Fsp3) is 0.750. The van der Waals surface area contributed by atoms with Gasteiger partial charge < -0.3 is 10.1 Å². The average molecular weight is 302 g/mol. The summed E-state index contributed by atoms with van der Waals surface area (Å²) < 4.78 is 5.25. The van der Waals surface area contributed by atoms with Crippen LogP contribution in [0.4, 0.5) is 4.79 Å². The molecule has 1 aliphatic heterocycles. The van der Waals surface area contributed by atoms with E-state index in [2.05, 4.69) is 10.7 Å². The number of nitrogens with zero attached hydrogens (tertiary/aromatic N) is 2. The van der Waals surface area contributed by atoms with Crippen molar-refractivity contribution >= 4 is 29.3 Å². The van der Waals surface area contributed by atoms with E-state index in [1.54, 1.807) is 34.9 Å². The summed E-state index contributed by atoms with van der Waals surface area (Å²) >= 11 is 4.98. The van der Waals surface area contributed by atoms with Crippen molar-refractivity contribution in [3.05, 3.63) is 0 Å². The topological polar surface area (TPSA) is 73.9 Å². The molecule has 0 aromatic carbocycles. The van der Waals surface area contributed by atoms with E-state index in [-0.39, 0.29) is 5.91 Å². The number of carbonyl (C=O) groups is 2. The van der Waals surface area contributed by atoms with Crippen molar-refractivity contribution in [3.63, 3.8) is 0 Å². The molecule has 1 atom stereocenters. The fourth-order valence-electron chi connectivity index (χ4n) is 1.66. The minimum atomic E-state index is -0.571. The van der Waals surface area contributed by atoms with Crippen LogP contribution in [0.1, 0.15) is 27.2 Å². The zero-order valence-electron chi connectivity index (χ0n) is 12.5. The molecule has 0 aliphatic carbocycles. The molecule has 0 aromatic rings. The van der Waals surface area contributed by atoms with Crippen molar-refractivity contribution in [1.29, 1.82) is 0 Å². The summed E-state index contributed by atoms with van der Waals surface area (Å²) in [5.41, 5.74) is 2.05. The SMILES string of the molecule is CNC(=S)N(C)NC(=O)[C@H]1CCN1C(=O)OC(C)(C)C. The maximum Gasteiger partial charge on any atom is 0.410 e. The Labute approximate surface area is 124 Å². The normalized spacial score (nSPS) is 17.9. The molecule has 2 amide bonds. The molecule has 1 saturated heterocycles. The second kappa shape index (κ2) is 6.25. The van der Waals surface area contributed by atoms with Crippen LogP contribution in [0.15, 0.2) is 0 Å². The zero-order valence-corrected chi connectivity index (χ0v) is 13.3. The molecule has 1 heterocycles. The standard InChI is InChI=1S/C12H22N4O3S/c1-12(2,3)19-11(18)16-7-6-8(16)9(17)14-15(5)10(20)13-4/h8H,6-7H2,1-5H3,(H,13,20)(H,14,17)/t8-/m1/s1. The molecule has 20 heavy (non-hydrogen) atoms. The highest BCUT2D eigenvalue weighted by atomic mass is 32.1. The number of thiocarbonyl (C=S) groups is 1. The predicted molar refractivity (Wildman–Crippen MR) is 78.9 cm³/mol. The molecule has 2 N–H and O–H groups in total. The van der Waals surface area contributed by atoms with Crippen LogP contribution in [-0.4, -0.2) is 59.3 Å². The Morgan fingerprint density at radius 1 is 1.40 bits per heavy atom. The molecule has 0 unspecified atom stereocenters. The maximum absolute atomic E-state index is 12.0. The minimum absolute atomic E-state index is 0.276. The van der Waals surface area contributed by atoms with Gasteiger partial charge in [-0.3, -0.25) is 20.1 Å². The number of carbonyl (C=O) groups excluding carboxylic acids is 2. The summed E-state index contributed by atoms with van der Waals surface area (Å²) in [6.45, 7) is 5.89. The van der Waals surface area contributed by atoms with Gasteiger partial charge in [-0.2, -0.15) is 0 Å². The van der Waals surface area contributed by atoms with E-state index in [4.69, 9.17) is 17.0 Å². The molecule has 0 spiro atoms. The Kier molecular flexibility index (Phi) is 5.15. The number of hydrogen-bond donors (Lipinski definition) is 2. The highest BCUT2D eigenvalue weighted by molar-refractivity contribution is 7.80. The maximum atomic E-state index is 12.0. The van der Waals surface area contributed by atoms with E-state index < -0.39 is 17.7 Å². The third-order valence-corrected chi connectivity index (χ3v) is 3.22. The number of hydrogen-bond acceptors (Lipinski definition) is 4. The fourth-order valence-corrected chi connectivity index (χ4v) is 1.70. The third-order valence-electron chi connectivity index (χ3n) is 2.75. The summed E-state index contributed by atoms with van der Waals surface area (Å²) in [5, 5.41) is 4.54. The van der Waals surface area contributed by atoms with E-state index in [0.717, 1.165) is 0 Å². The first-order chi connectivity index (χ1) is 9.15. The summed E-state index contributed by atoms with van der Waals surface area (Å²) in [7, 11) is 3.30. The number of nitrogens with one attached hydrogen (secondary N) is 2. The largest absolute Gasteiger partial charge is 0.444 e. The number of amides is 2. The number of ether oxygens (including phenoxy) is 1. The average Bonchev–Trinajstić information content (AvgIpc) is 2.23. The Balaban J connectivity index is 2.54. The molecular formula is C12H22N4O3S. The molecule has 0 saturated carbocycles. The molecular weight excluding hydrogens is 280 g/mol. The van der Waals surface area contributed by atoms with E-state index in [0.29, 0.717) is 18.1 Å². The number of rotatable bonds is 1. The summed E-state index contributed by atoms with van der Waals surface area (Å²) in [5.74, 6) is -0.276. The Morgan fingerprint density at radius 3 is 2.40 bits per heavy atom. The first kappa shape index (κ1) is 16.5. The minimum Gasteiger partial charge on any atom is -0.444 e. The smallest absolute Gasteiger partial charge is 0.410 e. The van der Waals surface area contributed by atoms with Gasteiger partial charge >= 0.3 is 6.09 Å². The first-order valence-electron chi connectivity index (χ1n) is 6.41. The molecule has 0 bridgehead atoms. The molecule has 8 heteroatoms. The van der Waals surface area contributed by atoms with Crippen LogP contribution in [0.2, 0.25) is 0 Å². The van der Waals surface area contributed by atoms with Crippen molar-refractivity contribution in [2.75, 3.05) is 20.6 Å². The lowest BCUT2D eigenvalue weighted by molar-refractivity contribution is -0.133. The molecule has 1 aliphatic rings. The quantitative estimate of drug-likeness (QED) is 0.542. The van der Waals surface area contributed by atoms with Crippen LogP contribution in [0.25, 0.3) is 0 Å². The van der Waals surface area contributed by atoms with E-state index in [9.17, 15) is 9.59 Å². The number of hydrazine groups is 1. The van der Waals surface area contributed by atoms with Gasteiger partial charge in [-0.25, -0.2) is 4.79 Å². The zero-order chi connectivity index (χ0) is 15.5. The van der Waals surface area contributed by atoms with Gasteiger partial charge in [0.2, 0.25) is 0 Å². The van der Waals surface area contributed by atoms with Crippen LogP contribution < -0.4 is 10.7 Å². The molecule has 114 valence electrons. The van der Waals surface area contributed by atoms with Crippen LogP contribution in [0.3, 0.4) is 0 Å². The van der Waals surface area contributed by atoms with Crippen LogP contribution in [-0.2, 0) is 9.53 Å². The van der Waals surface area contributed by atoms with Gasteiger partial charge in [0, 0.05) is 20.6 Å². The lowest BCUT2D eigenvalue weighted by Crippen LogP contribution is -2.61. The summed E-state index contributed by atoms with van der Waals surface area (Å²) in [6, 6.07) is -0.507. The lowest BCUT2D eigenvalue weighted by Gasteiger charge is -2.40. The van der Waals surface area contributed by atoms with Crippen molar-refractivity contribution in [3.8, 4) is 0 Å². The van der Waals surface area contributed by atoms with Crippen molar-refractivity contribution in [2.45, 2.75) is 38.8 Å². The van der Waals surface area contributed by atoms with Gasteiger partial charge in [0.1, 0.15) is 11.6 Å². The summed E-state index contributed by atoms with van der Waals surface area (Å²) in [6.07, 6.45) is 0.147. The van der Waals surface area contributed by atoms with Crippen LogP contribution >= 0.6 is 12.2 Å². The summed E-state index contributed by atoms with van der Waals surface area (Å²) in [4.78, 5) is 25.4. The van der Waals surface area contributed by atoms with Crippen molar-refractivity contribution in [1.82, 2.24) is 20.7 Å². The third kappa shape index (κ3) is 4.22. The van der Waals surface area contributed by atoms with E-state index in [1.807, 2.05) is 0 Å². The van der Waals surface area contributed by atoms with Gasteiger partial charge in [0.05, 0.1) is 0 Å². The second-order valence-electron chi connectivity index (χ2n) is 5.57. The van der Waals surface area contributed by atoms with E-state index in [1.165, 1.54) is 9.91 Å². The van der Waals surface area contributed by atoms with Gasteiger partial charge in [-0.15, -0.1) is 0 Å². The Bertz CT molecular complexity index is 408. The first-order valence-corrected chi connectivity index (χ1v) is 6.82. The van der Waals surface area contributed by atoms with Crippen LogP contribution in [0.5, 0.6) is 0 Å². The van der Waals surface area contributed by atoms with Gasteiger partial charge in [0.15, 0.2) is 5.11 Å². The van der Waals surface area contributed by atoms with Gasteiger partial charge in [0.25, 0.3) is 5.91 Å². The highest BCUT2D eigenvalue weighted by Crippen LogP contribution is 2.21. The van der Waals surface area contributed by atoms with Gasteiger partial charge in [-0.1, -0.05) is 0 Å².